The van der Waals surface area contributed by atoms with Crippen LogP contribution in [0.15, 0.2) is 30.3 Å². The molecule has 1 aliphatic rings. The minimum atomic E-state index is -0.279. The number of rotatable bonds is 1. The van der Waals surface area contributed by atoms with Gasteiger partial charge in [0.15, 0.2) is 0 Å². The Hall–Kier alpha value is -2.09. The molecule has 0 radical (unpaired) electrons. The zero-order valence-electron chi connectivity index (χ0n) is 8.86. The van der Waals surface area contributed by atoms with Gasteiger partial charge in [0.1, 0.15) is 0 Å². The molecule has 0 unspecified atom stereocenters. The van der Waals surface area contributed by atoms with Crippen LogP contribution in [0.5, 0.6) is 0 Å². The van der Waals surface area contributed by atoms with Crippen molar-refractivity contribution < 1.29 is 9.53 Å². The van der Waals surface area contributed by atoms with Crippen molar-refractivity contribution in [3.63, 3.8) is 0 Å². The number of hydrogen-bond donors (Lipinski definition) is 0. The monoisotopic (exact) mass is 210 g/mol. The fourth-order valence-electron chi connectivity index (χ4n) is 2.21. The van der Waals surface area contributed by atoms with Gasteiger partial charge in [0.05, 0.1) is 12.7 Å². The van der Waals surface area contributed by atoms with Crippen LogP contribution in [-0.2, 0) is 4.74 Å². The molecule has 0 aliphatic heterocycles. The highest BCUT2D eigenvalue weighted by Gasteiger charge is 2.17. The SMILES string of the molecule is COC(=O)c1ccc2cccc3c2c1C=C3. The molecule has 3 rings (SSSR count). The Balaban J connectivity index is 2.39. The van der Waals surface area contributed by atoms with E-state index in [0.29, 0.717) is 5.56 Å². The summed E-state index contributed by atoms with van der Waals surface area (Å²) >= 11 is 0. The van der Waals surface area contributed by atoms with Gasteiger partial charge in [-0.25, -0.2) is 4.79 Å². The lowest BCUT2D eigenvalue weighted by atomic mass is 10.00. The Kier molecular flexibility index (Phi) is 1.83. The van der Waals surface area contributed by atoms with Crippen molar-refractivity contribution in [2.75, 3.05) is 7.11 Å². The second-order valence-electron chi connectivity index (χ2n) is 3.80. The first-order valence-electron chi connectivity index (χ1n) is 5.13. The van der Waals surface area contributed by atoms with Crippen LogP contribution in [0.1, 0.15) is 21.5 Å². The maximum Gasteiger partial charge on any atom is 0.338 e. The van der Waals surface area contributed by atoms with Gasteiger partial charge in [-0.1, -0.05) is 36.4 Å². The van der Waals surface area contributed by atoms with Crippen LogP contribution in [0, 0.1) is 0 Å². The smallest absolute Gasteiger partial charge is 0.338 e. The molecular formula is C14H10O2. The van der Waals surface area contributed by atoms with Gasteiger partial charge in [-0.15, -0.1) is 0 Å². The molecule has 0 saturated heterocycles. The van der Waals surface area contributed by atoms with Gasteiger partial charge < -0.3 is 4.74 Å². The standard InChI is InChI=1S/C14H10O2/c1-16-14(15)12-8-6-10-4-2-3-9-5-7-11(12)13(9)10/h2-8H,1H3. The molecule has 0 aromatic heterocycles. The van der Waals surface area contributed by atoms with Crippen molar-refractivity contribution in [1.82, 2.24) is 0 Å². The third-order valence-corrected chi connectivity index (χ3v) is 2.95. The summed E-state index contributed by atoms with van der Waals surface area (Å²) in [5, 5.41) is 2.30. The Morgan fingerprint density at radius 1 is 1.12 bits per heavy atom. The molecule has 0 atom stereocenters. The van der Waals surface area contributed by atoms with Gasteiger partial charge in [-0.3, -0.25) is 0 Å². The Bertz CT molecular complexity index is 624. The zero-order chi connectivity index (χ0) is 11.1. The first-order chi connectivity index (χ1) is 7.81. The lowest BCUT2D eigenvalue weighted by molar-refractivity contribution is 0.0600. The maximum atomic E-state index is 11.6. The average Bonchev–Trinajstić information content (AvgIpc) is 2.75. The molecule has 2 aromatic carbocycles. The van der Waals surface area contributed by atoms with E-state index in [1.807, 2.05) is 30.4 Å². The summed E-state index contributed by atoms with van der Waals surface area (Å²) in [5.74, 6) is -0.279. The van der Waals surface area contributed by atoms with Gasteiger partial charge in [0.2, 0.25) is 0 Å². The van der Waals surface area contributed by atoms with Gasteiger partial charge >= 0.3 is 5.97 Å². The van der Waals surface area contributed by atoms with E-state index in [9.17, 15) is 4.79 Å². The Morgan fingerprint density at radius 3 is 2.81 bits per heavy atom. The topological polar surface area (TPSA) is 26.3 Å². The predicted molar refractivity (Wildman–Crippen MR) is 64.2 cm³/mol. The van der Waals surface area contributed by atoms with Crippen LogP contribution in [-0.4, -0.2) is 13.1 Å². The van der Waals surface area contributed by atoms with E-state index >= 15 is 0 Å². The predicted octanol–water partition coefficient (Wildman–Crippen LogP) is 3.11. The lowest BCUT2D eigenvalue weighted by Crippen LogP contribution is -2.03. The Labute approximate surface area is 93.2 Å². The summed E-state index contributed by atoms with van der Waals surface area (Å²) in [6, 6.07) is 9.91. The number of methoxy groups -OCH3 is 1. The third kappa shape index (κ3) is 1.10. The van der Waals surface area contributed by atoms with Crippen molar-refractivity contribution in [2.45, 2.75) is 0 Å². The summed E-state index contributed by atoms with van der Waals surface area (Å²) < 4.78 is 4.78. The number of carbonyl (C=O) groups excluding carboxylic acids is 1. The van der Waals surface area contributed by atoms with E-state index in [1.165, 1.54) is 12.7 Å². The van der Waals surface area contributed by atoms with Gasteiger partial charge in [-0.05, 0) is 28.0 Å². The summed E-state index contributed by atoms with van der Waals surface area (Å²) in [5.41, 5.74) is 2.77. The summed E-state index contributed by atoms with van der Waals surface area (Å²) in [7, 11) is 1.41. The molecular weight excluding hydrogens is 200 g/mol. The number of benzene rings is 2. The van der Waals surface area contributed by atoms with Crippen molar-refractivity contribution in [2.24, 2.45) is 0 Å². The molecule has 0 amide bonds. The number of esters is 1. The maximum absolute atomic E-state index is 11.6. The molecule has 0 N–H and O–H groups in total. The van der Waals surface area contributed by atoms with Gasteiger partial charge in [-0.2, -0.15) is 0 Å². The van der Waals surface area contributed by atoms with Crippen molar-refractivity contribution >= 4 is 28.9 Å². The molecule has 16 heavy (non-hydrogen) atoms. The molecule has 1 aliphatic carbocycles. The van der Waals surface area contributed by atoms with Crippen LogP contribution in [0.25, 0.3) is 22.9 Å². The molecule has 2 heteroatoms. The quantitative estimate of drug-likeness (QED) is 0.577. The van der Waals surface area contributed by atoms with E-state index in [-0.39, 0.29) is 5.97 Å². The van der Waals surface area contributed by atoms with E-state index in [2.05, 4.69) is 12.1 Å². The minimum Gasteiger partial charge on any atom is -0.465 e. The molecule has 78 valence electrons. The third-order valence-electron chi connectivity index (χ3n) is 2.95. The van der Waals surface area contributed by atoms with Crippen molar-refractivity contribution in [3.05, 3.63) is 47.0 Å². The largest absolute Gasteiger partial charge is 0.465 e. The highest BCUT2D eigenvalue weighted by Crippen LogP contribution is 2.33. The number of ether oxygens (including phenoxy) is 1. The van der Waals surface area contributed by atoms with E-state index < -0.39 is 0 Å². The summed E-state index contributed by atoms with van der Waals surface area (Å²) in [6.07, 6.45) is 4.01. The highest BCUT2D eigenvalue weighted by molar-refractivity contribution is 6.11. The second-order valence-corrected chi connectivity index (χ2v) is 3.80. The summed E-state index contributed by atoms with van der Waals surface area (Å²) in [4.78, 5) is 11.6. The average molecular weight is 210 g/mol. The highest BCUT2D eigenvalue weighted by atomic mass is 16.5. The van der Waals surface area contributed by atoms with E-state index in [0.717, 1.165) is 16.3 Å². The van der Waals surface area contributed by atoms with Crippen LogP contribution < -0.4 is 0 Å². The van der Waals surface area contributed by atoms with Gasteiger partial charge in [0.25, 0.3) is 0 Å². The van der Waals surface area contributed by atoms with Gasteiger partial charge in [0, 0.05) is 0 Å². The van der Waals surface area contributed by atoms with E-state index in [1.54, 1.807) is 0 Å². The zero-order valence-corrected chi connectivity index (χ0v) is 8.86. The van der Waals surface area contributed by atoms with Crippen LogP contribution in [0.3, 0.4) is 0 Å². The fourth-order valence-corrected chi connectivity index (χ4v) is 2.21. The number of carbonyl (C=O) groups is 1. The van der Waals surface area contributed by atoms with Crippen LogP contribution in [0.4, 0.5) is 0 Å². The first kappa shape index (κ1) is 9.16. The summed E-state index contributed by atoms with van der Waals surface area (Å²) in [6.45, 7) is 0. The molecule has 0 bridgehead atoms. The van der Waals surface area contributed by atoms with Crippen molar-refractivity contribution in [3.8, 4) is 0 Å². The minimum absolute atomic E-state index is 0.279. The molecule has 0 fully saturated rings. The molecule has 0 heterocycles. The normalized spacial score (nSPS) is 12.1. The number of hydrogen-bond acceptors (Lipinski definition) is 2. The second kappa shape index (κ2) is 3.20. The Morgan fingerprint density at radius 2 is 2.00 bits per heavy atom. The van der Waals surface area contributed by atoms with E-state index in [4.69, 9.17) is 4.74 Å². The lowest BCUT2D eigenvalue weighted by Gasteiger charge is -2.06. The molecule has 2 nitrogen and oxygen atoms in total. The van der Waals surface area contributed by atoms with Crippen molar-refractivity contribution in [1.29, 1.82) is 0 Å². The molecule has 0 saturated carbocycles. The first-order valence-corrected chi connectivity index (χ1v) is 5.13. The molecule has 2 aromatic rings. The molecule has 0 spiro atoms. The van der Waals surface area contributed by atoms with Crippen LogP contribution >= 0.6 is 0 Å². The fraction of sp³-hybridized carbons (Fsp3) is 0.0714. The van der Waals surface area contributed by atoms with Crippen LogP contribution in [0.2, 0.25) is 0 Å².